The van der Waals surface area contributed by atoms with Crippen molar-refractivity contribution in [3.05, 3.63) is 11.0 Å². The lowest BCUT2D eigenvalue weighted by molar-refractivity contribution is -0.137. The van der Waals surface area contributed by atoms with Crippen LogP contribution in [0.4, 0.5) is 0 Å². The first kappa shape index (κ1) is 17.2. The number of hydrogen-bond acceptors (Lipinski definition) is 4. The molecule has 1 aliphatic heterocycles. The van der Waals surface area contributed by atoms with Crippen molar-refractivity contribution in [2.24, 2.45) is 11.8 Å². The van der Waals surface area contributed by atoms with Gasteiger partial charge in [-0.15, -0.1) is 0 Å². The van der Waals surface area contributed by atoms with Crippen molar-refractivity contribution in [2.75, 3.05) is 6.54 Å². The van der Waals surface area contributed by atoms with Crippen molar-refractivity contribution in [3.63, 3.8) is 0 Å². The Morgan fingerprint density at radius 3 is 2.70 bits per heavy atom. The molecule has 0 bridgehead atoms. The summed E-state index contributed by atoms with van der Waals surface area (Å²) >= 11 is 6.52. The smallest absolute Gasteiger partial charge is 0.303 e. The molecule has 0 saturated carbocycles. The Morgan fingerprint density at radius 2 is 2.15 bits per heavy atom. The number of aliphatic carboxylic acids is 1. The molecule has 1 heterocycles. The van der Waals surface area contributed by atoms with Gasteiger partial charge in [0.15, 0.2) is 0 Å². The molecule has 1 fully saturated rings. The summed E-state index contributed by atoms with van der Waals surface area (Å²) in [4.78, 5) is 24.9. The van der Waals surface area contributed by atoms with Crippen molar-refractivity contribution in [1.29, 1.82) is 0 Å². The summed E-state index contributed by atoms with van der Waals surface area (Å²) in [6.07, 6.45) is 3.54. The summed E-state index contributed by atoms with van der Waals surface area (Å²) in [5.74, 6) is -0.0873. The van der Waals surface area contributed by atoms with Gasteiger partial charge >= 0.3 is 5.97 Å². The van der Waals surface area contributed by atoms with Crippen LogP contribution < -0.4 is 0 Å². The van der Waals surface area contributed by atoms with Crippen LogP contribution in [0.25, 0.3) is 0 Å². The molecule has 1 saturated heterocycles. The number of allylic oxidation sites excluding steroid dienone is 1. The van der Waals surface area contributed by atoms with E-state index in [1.54, 1.807) is 0 Å². The van der Waals surface area contributed by atoms with Gasteiger partial charge in [-0.25, -0.2) is 0 Å². The summed E-state index contributed by atoms with van der Waals surface area (Å²) in [5.41, 5.74) is 0. The van der Waals surface area contributed by atoms with Gasteiger partial charge in [0.05, 0.1) is 4.91 Å². The molecule has 2 atom stereocenters. The molecule has 1 aliphatic rings. The van der Waals surface area contributed by atoms with Crippen LogP contribution in [0.5, 0.6) is 0 Å². The number of thiocarbonyl (C=S) groups is 1. The zero-order valence-corrected chi connectivity index (χ0v) is 13.7. The fraction of sp³-hybridized carbons (Fsp3) is 0.643. The minimum absolute atomic E-state index is 0.0549. The second kappa shape index (κ2) is 7.78. The fourth-order valence-electron chi connectivity index (χ4n) is 1.87. The van der Waals surface area contributed by atoms with E-state index in [0.717, 1.165) is 6.42 Å². The topological polar surface area (TPSA) is 57.6 Å². The second-order valence-corrected chi connectivity index (χ2v) is 6.77. The highest BCUT2D eigenvalue weighted by Gasteiger charge is 2.32. The van der Waals surface area contributed by atoms with Crippen molar-refractivity contribution >= 4 is 40.2 Å². The van der Waals surface area contributed by atoms with Gasteiger partial charge in [0.25, 0.3) is 5.91 Å². The molecule has 20 heavy (non-hydrogen) atoms. The van der Waals surface area contributed by atoms with Gasteiger partial charge in [0.2, 0.25) is 0 Å². The molecule has 1 N–H and O–H groups in total. The Morgan fingerprint density at radius 1 is 1.50 bits per heavy atom. The summed E-state index contributed by atoms with van der Waals surface area (Å²) in [7, 11) is 0. The standard InChI is InChI=1S/C14H21NO3S2/c1-4-9(2)10(3)8-11-13(18)15(14(19)20-11)7-5-6-12(16)17/h8-10H,4-7H2,1-3H3,(H,16,17)/b11-8-. The SMILES string of the molecule is CCC(C)C(C)/C=C1\SC(=S)N(CCCC(=O)O)C1=O. The zero-order valence-electron chi connectivity index (χ0n) is 12.1. The Balaban J connectivity index is 2.66. The normalized spacial score (nSPS) is 20.6. The fourth-order valence-corrected chi connectivity index (χ4v) is 3.27. The van der Waals surface area contributed by atoms with Crippen molar-refractivity contribution in [2.45, 2.75) is 40.0 Å². The van der Waals surface area contributed by atoms with Gasteiger partial charge in [-0.3, -0.25) is 14.5 Å². The van der Waals surface area contributed by atoms with Crippen molar-refractivity contribution in [1.82, 2.24) is 4.90 Å². The van der Waals surface area contributed by atoms with E-state index in [0.29, 0.717) is 34.0 Å². The number of carbonyl (C=O) groups is 2. The van der Waals surface area contributed by atoms with Crippen LogP contribution in [0.3, 0.4) is 0 Å². The molecular weight excluding hydrogens is 294 g/mol. The third-order valence-electron chi connectivity index (χ3n) is 3.60. The number of rotatable bonds is 7. The Bertz CT molecular complexity index is 434. The maximum absolute atomic E-state index is 12.2. The van der Waals surface area contributed by atoms with E-state index in [1.165, 1.54) is 16.7 Å². The average molecular weight is 315 g/mol. The highest BCUT2D eigenvalue weighted by Crippen LogP contribution is 2.33. The number of carboxylic acid groups (broad SMARTS) is 1. The Hall–Kier alpha value is -0.880. The van der Waals surface area contributed by atoms with Crippen LogP contribution in [0.15, 0.2) is 11.0 Å². The number of amides is 1. The largest absolute Gasteiger partial charge is 0.481 e. The molecule has 0 aromatic heterocycles. The second-order valence-electron chi connectivity index (χ2n) is 5.10. The first-order valence-corrected chi connectivity index (χ1v) is 8.06. The van der Waals surface area contributed by atoms with Crippen LogP contribution in [-0.2, 0) is 9.59 Å². The lowest BCUT2D eigenvalue weighted by Crippen LogP contribution is -2.29. The molecule has 1 rings (SSSR count). The predicted octanol–water partition coefficient (Wildman–Crippen LogP) is 3.28. The van der Waals surface area contributed by atoms with Gasteiger partial charge in [0.1, 0.15) is 4.32 Å². The average Bonchev–Trinajstić information content (AvgIpc) is 2.64. The van der Waals surface area contributed by atoms with E-state index >= 15 is 0 Å². The predicted molar refractivity (Wildman–Crippen MR) is 85.5 cm³/mol. The van der Waals surface area contributed by atoms with Crippen LogP contribution >= 0.6 is 24.0 Å². The van der Waals surface area contributed by atoms with E-state index in [1.807, 2.05) is 6.08 Å². The van der Waals surface area contributed by atoms with Crippen LogP contribution in [0, 0.1) is 11.8 Å². The van der Waals surface area contributed by atoms with E-state index in [2.05, 4.69) is 20.8 Å². The third-order valence-corrected chi connectivity index (χ3v) is 5.00. The Kier molecular flexibility index (Phi) is 6.68. The molecule has 6 heteroatoms. The molecule has 112 valence electrons. The van der Waals surface area contributed by atoms with Crippen molar-refractivity contribution < 1.29 is 14.7 Å². The van der Waals surface area contributed by atoms with Gasteiger partial charge in [-0.05, 0) is 18.3 Å². The highest BCUT2D eigenvalue weighted by molar-refractivity contribution is 8.26. The maximum Gasteiger partial charge on any atom is 0.303 e. The lowest BCUT2D eigenvalue weighted by Gasteiger charge is -2.15. The van der Waals surface area contributed by atoms with Gasteiger partial charge in [-0.1, -0.05) is 57.2 Å². The van der Waals surface area contributed by atoms with E-state index in [4.69, 9.17) is 17.3 Å². The lowest BCUT2D eigenvalue weighted by atomic mass is 9.93. The Labute approximate surface area is 129 Å². The molecule has 2 unspecified atom stereocenters. The first-order valence-electron chi connectivity index (χ1n) is 6.84. The van der Waals surface area contributed by atoms with Crippen LogP contribution in [-0.4, -0.2) is 32.7 Å². The molecule has 0 aromatic rings. The monoisotopic (exact) mass is 315 g/mol. The van der Waals surface area contributed by atoms with Crippen molar-refractivity contribution in [3.8, 4) is 0 Å². The molecule has 0 aromatic carbocycles. The quantitative estimate of drug-likeness (QED) is 0.577. The number of thioether (sulfide) groups is 1. The van der Waals surface area contributed by atoms with E-state index in [9.17, 15) is 9.59 Å². The first-order chi connectivity index (χ1) is 9.36. The minimum atomic E-state index is -0.851. The summed E-state index contributed by atoms with van der Waals surface area (Å²) in [6.45, 7) is 6.78. The van der Waals surface area contributed by atoms with Gasteiger partial charge in [-0.2, -0.15) is 0 Å². The number of carboxylic acids is 1. The molecule has 1 amide bonds. The van der Waals surface area contributed by atoms with Crippen LogP contribution in [0.1, 0.15) is 40.0 Å². The van der Waals surface area contributed by atoms with Gasteiger partial charge in [0, 0.05) is 13.0 Å². The summed E-state index contributed by atoms with van der Waals surface area (Å²) in [6, 6.07) is 0. The zero-order chi connectivity index (χ0) is 15.3. The van der Waals surface area contributed by atoms with Gasteiger partial charge < -0.3 is 5.11 Å². The molecule has 0 radical (unpaired) electrons. The van der Waals surface area contributed by atoms with E-state index < -0.39 is 5.97 Å². The highest BCUT2D eigenvalue weighted by atomic mass is 32.2. The molecule has 4 nitrogen and oxygen atoms in total. The number of carbonyl (C=O) groups excluding carboxylic acids is 1. The van der Waals surface area contributed by atoms with Crippen LogP contribution in [0.2, 0.25) is 0 Å². The maximum atomic E-state index is 12.2. The third kappa shape index (κ3) is 4.59. The summed E-state index contributed by atoms with van der Waals surface area (Å²) in [5, 5.41) is 8.63. The molecule has 0 aliphatic carbocycles. The molecular formula is C14H21NO3S2. The minimum Gasteiger partial charge on any atom is -0.481 e. The number of nitrogens with zero attached hydrogens (tertiary/aromatic N) is 1. The summed E-state index contributed by atoms with van der Waals surface area (Å²) < 4.78 is 0.531. The van der Waals surface area contributed by atoms with E-state index in [-0.39, 0.29) is 12.3 Å². The molecule has 0 spiro atoms. The number of hydrogen-bond donors (Lipinski definition) is 1.